The normalized spacial score (nSPS) is 36.9. The van der Waals surface area contributed by atoms with Crippen LogP contribution in [0, 0.1) is 5.92 Å². The second kappa shape index (κ2) is 4.66. The summed E-state index contributed by atoms with van der Waals surface area (Å²) in [5.74, 6) is 0.942. The molecule has 2 nitrogen and oxygen atoms in total. The summed E-state index contributed by atoms with van der Waals surface area (Å²) < 4.78 is 0. The monoisotopic (exact) mass is 224 g/mol. The van der Waals surface area contributed by atoms with Gasteiger partial charge in [0.05, 0.1) is 0 Å². The van der Waals surface area contributed by atoms with Crippen LogP contribution in [0.2, 0.25) is 0 Å². The molecule has 2 unspecified atom stereocenters. The maximum atomic E-state index is 3.80. The van der Waals surface area contributed by atoms with Gasteiger partial charge in [-0.1, -0.05) is 13.8 Å². The van der Waals surface area contributed by atoms with Crippen molar-refractivity contribution in [3.63, 3.8) is 0 Å². The summed E-state index contributed by atoms with van der Waals surface area (Å²) in [6, 6.07) is 1.49. The number of hydrogen-bond acceptors (Lipinski definition) is 2. The summed E-state index contributed by atoms with van der Waals surface area (Å²) in [7, 11) is 0. The van der Waals surface area contributed by atoms with Gasteiger partial charge in [0.25, 0.3) is 0 Å². The molecule has 0 aromatic heterocycles. The molecule has 2 fully saturated rings. The van der Waals surface area contributed by atoms with Gasteiger partial charge in [0, 0.05) is 30.7 Å². The maximum absolute atomic E-state index is 3.80. The SMILES string of the molecule is CCC(CC)N1CC(C)(C2CC2)NCC1C. The maximum Gasteiger partial charge on any atom is 0.0309 e. The van der Waals surface area contributed by atoms with E-state index in [-0.39, 0.29) is 0 Å². The van der Waals surface area contributed by atoms with Crippen molar-refractivity contribution < 1.29 is 0 Å². The quantitative estimate of drug-likeness (QED) is 0.790. The van der Waals surface area contributed by atoms with Crippen molar-refractivity contribution in [2.24, 2.45) is 5.92 Å². The highest BCUT2D eigenvalue weighted by atomic mass is 15.3. The third kappa shape index (κ3) is 2.28. The molecule has 0 aromatic rings. The average Bonchev–Trinajstić information content (AvgIpc) is 3.09. The minimum atomic E-state index is 0.398. The Balaban J connectivity index is 2.04. The van der Waals surface area contributed by atoms with Crippen molar-refractivity contribution in [3.05, 3.63) is 0 Å². The van der Waals surface area contributed by atoms with Gasteiger partial charge in [0.2, 0.25) is 0 Å². The lowest BCUT2D eigenvalue weighted by Crippen LogP contribution is -2.65. The first-order valence-electron chi connectivity index (χ1n) is 7.11. The van der Waals surface area contributed by atoms with Crippen LogP contribution >= 0.6 is 0 Å². The number of piperazine rings is 1. The molecule has 1 aliphatic carbocycles. The Bertz CT molecular complexity index is 233. The van der Waals surface area contributed by atoms with Crippen molar-refractivity contribution in [1.29, 1.82) is 0 Å². The Hall–Kier alpha value is -0.0800. The molecule has 1 saturated carbocycles. The topological polar surface area (TPSA) is 15.3 Å². The van der Waals surface area contributed by atoms with E-state index >= 15 is 0 Å². The first-order chi connectivity index (χ1) is 7.60. The highest BCUT2D eigenvalue weighted by molar-refractivity contribution is 5.04. The average molecular weight is 224 g/mol. The molecule has 2 aliphatic rings. The number of hydrogen-bond donors (Lipinski definition) is 1. The van der Waals surface area contributed by atoms with Gasteiger partial charge in [0.1, 0.15) is 0 Å². The summed E-state index contributed by atoms with van der Waals surface area (Å²) in [5.41, 5.74) is 0.398. The molecule has 1 heterocycles. The van der Waals surface area contributed by atoms with Crippen LogP contribution in [-0.4, -0.2) is 35.6 Å². The Morgan fingerprint density at radius 1 is 1.31 bits per heavy atom. The Morgan fingerprint density at radius 2 is 1.94 bits per heavy atom. The fourth-order valence-corrected chi connectivity index (χ4v) is 3.33. The van der Waals surface area contributed by atoms with E-state index in [0.29, 0.717) is 11.6 Å². The van der Waals surface area contributed by atoms with E-state index in [1.165, 1.54) is 38.8 Å². The fourth-order valence-electron chi connectivity index (χ4n) is 3.33. The van der Waals surface area contributed by atoms with Gasteiger partial charge >= 0.3 is 0 Å². The molecule has 94 valence electrons. The molecule has 16 heavy (non-hydrogen) atoms. The van der Waals surface area contributed by atoms with E-state index in [4.69, 9.17) is 0 Å². The lowest BCUT2D eigenvalue weighted by atomic mass is 9.89. The van der Waals surface area contributed by atoms with Crippen molar-refractivity contribution in [2.45, 2.75) is 71.0 Å². The highest BCUT2D eigenvalue weighted by Crippen LogP contribution is 2.41. The molecule has 1 N–H and O–H groups in total. The fraction of sp³-hybridized carbons (Fsp3) is 1.00. The standard InChI is InChI=1S/C14H28N2/c1-5-13(6-2)16-10-14(4,12-7-8-12)15-9-11(16)3/h11-13,15H,5-10H2,1-4H3. The van der Waals surface area contributed by atoms with Crippen LogP contribution in [0.15, 0.2) is 0 Å². The van der Waals surface area contributed by atoms with Gasteiger partial charge in [-0.05, 0) is 45.4 Å². The van der Waals surface area contributed by atoms with Crippen LogP contribution in [0.25, 0.3) is 0 Å². The zero-order valence-electron chi connectivity index (χ0n) is 11.4. The van der Waals surface area contributed by atoms with E-state index < -0.39 is 0 Å². The molecule has 2 atom stereocenters. The van der Waals surface area contributed by atoms with E-state index in [9.17, 15) is 0 Å². The molecular weight excluding hydrogens is 196 g/mol. The first kappa shape index (κ1) is 12.4. The summed E-state index contributed by atoms with van der Waals surface area (Å²) in [4.78, 5) is 2.76. The molecule has 0 amide bonds. The van der Waals surface area contributed by atoms with Crippen molar-refractivity contribution >= 4 is 0 Å². The summed E-state index contributed by atoms with van der Waals surface area (Å²) in [6.45, 7) is 11.9. The largest absolute Gasteiger partial charge is 0.308 e. The van der Waals surface area contributed by atoms with Crippen molar-refractivity contribution in [1.82, 2.24) is 10.2 Å². The van der Waals surface area contributed by atoms with Crippen LogP contribution in [0.3, 0.4) is 0 Å². The lowest BCUT2D eigenvalue weighted by molar-refractivity contribution is 0.0429. The molecule has 1 aliphatic heterocycles. The van der Waals surface area contributed by atoms with Gasteiger partial charge < -0.3 is 5.32 Å². The summed E-state index contributed by atoms with van der Waals surface area (Å²) >= 11 is 0. The van der Waals surface area contributed by atoms with Crippen LogP contribution in [0.4, 0.5) is 0 Å². The Kier molecular flexibility index (Phi) is 3.60. The van der Waals surface area contributed by atoms with Crippen LogP contribution in [0.5, 0.6) is 0 Å². The van der Waals surface area contributed by atoms with E-state index in [1.54, 1.807) is 0 Å². The summed E-state index contributed by atoms with van der Waals surface area (Å²) in [5, 5.41) is 3.80. The van der Waals surface area contributed by atoms with Crippen LogP contribution in [-0.2, 0) is 0 Å². The number of nitrogens with one attached hydrogen (secondary N) is 1. The zero-order chi connectivity index (χ0) is 11.8. The van der Waals surface area contributed by atoms with Crippen LogP contribution in [0.1, 0.15) is 53.4 Å². The Morgan fingerprint density at radius 3 is 2.44 bits per heavy atom. The third-order valence-electron chi connectivity index (χ3n) is 4.77. The minimum Gasteiger partial charge on any atom is -0.308 e. The predicted molar refractivity (Wildman–Crippen MR) is 69.7 cm³/mol. The van der Waals surface area contributed by atoms with Gasteiger partial charge in [-0.25, -0.2) is 0 Å². The summed E-state index contributed by atoms with van der Waals surface area (Å²) in [6.07, 6.45) is 5.46. The Labute approximate surface area is 101 Å². The molecule has 1 saturated heterocycles. The third-order valence-corrected chi connectivity index (χ3v) is 4.77. The molecule has 0 radical (unpaired) electrons. The van der Waals surface area contributed by atoms with E-state index in [2.05, 4.69) is 37.9 Å². The van der Waals surface area contributed by atoms with E-state index in [1.807, 2.05) is 0 Å². The highest BCUT2D eigenvalue weighted by Gasteiger charge is 2.46. The smallest absolute Gasteiger partial charge is 0.0309 e. The molecule has 0 aromatic carbocycles. The molecular formula is C14H28N2. The number of nitrogens with zero attached hydrogens (tertiary/aromatic N) is 1. The van der Waals surface area contributed by atoms with E-state index in [0.717, 1.165) is 12.0 Å². The van der Waals surface area contributed by atoms with Crippen molar-refractivity contribution in [2.75, 3.05) is 13.1 Å². The second-order valence-corrected chi connectivity index (χ2v) is 6.06. The van der Waals surface area contributed by atoms with Crippen molar-refractivity contribution in [3.8, 4) is 0 Å². The molecule has 0 spiro atoms. The number of rotatable bonds is 4. The molecule has 0 bridgehead atoms. The molecule has 2 heteroatoms. The first-order valence-corrected chi connectivity index (χ1v) is 7.11. The lowest BCUT2D eigenvalue weighted by Gasteiger charge is -2.48. The second-order valence-electron chi connectivity index (χ2n) is 6.06. The van der Waals surface area contributed by atoms with Gasteiger partial charge in [-0.2, -0.15) is 0 Å². The van der Waals surface area contributed by atoms with Crippen LogP contribution < -0.4 is 5.32 Å². The van der Waals surface area contributed by atoms with Gasteiger partial charge in [-0.3, -0.25) is 4.90 Å². The minimum absolute atomic E-state index is 0.398. The zero-order valence-corrected chi connectivity index (χ0v) is 11.4. The van der Waals surface area contributed by atoms with Gasteiger partial charge in [0.15, 0.2) is 0 Å². The predicted octanol–water partition coefficient (Wildman–Crippen LogP) is 2.64. The van der Waals surface area contributed by atoms with Gasteiger partial charge in [-0.15, -0.1) is 0 Å². The molecule has 2 rings (SSSR count).